The van der Waals surface area contributed by atoms with Gasteiger partial charge in [0.1, 0.15) is 5.82 Å². The Kier molecular flexibility index (Phi) is 7.41. The van der Waals surface area contributed by atoms with Crippen LogP contribution in [0.1, 0.15) is 66.5 Å². The summed E-state index contributed by atoms with van der Waals surface area (Å²) in [5.74, 6) is -1.54. The van der Waals surface area contributed by atoms with E-state index in [9.17, 15) is 22.5 Å². The molecule has 10 nitrogen and oxygen atoms in total. The van der Waals surface area contributed by atoms with E-state index >= 15 is 0 Å². The van der Waals surface area contributed by atoms with E-state index in [1.807, 2.05) is 13.8 Å². The normalized spacial score (nSPS) is 14.5. The number of rotatable bonds is 7. The molecular weight excluding hydrogens is 536 g/mol. The molecule has 1 fully saturated rings. The van der Waals surface area contributed by atoms with Crippen LogP contribution in [0.2, 0.25) is 0 Å². The van der Waals surface area contributed by atoms with Crippen molar-refractivity contribution in [2.75, 3.05) is 23.3 Å². The minimum Gasteiger partial charge on any atom is -0.431 e. The van der Waals surface area contributed by atoms with Crippen LogP contribution in [0.25, 0.3) is 11.5 Å². The van der Waals surface area contributed by atoms with Crippen LogP contribution in [-0.2, 0) is 6.18 Å². The maximum absolute atomic E-state index is 13.6. The first-order valence-corrected chi connectivity index (χ1v) is 12.5. The Hall–Kier alpha value is -4.49. The van der Waals surface area contributed by atoms with E-state index < -0.39 is 35.2 Å². The molecule has 14 heteroatoms. The second-order valence-corrected chi connectivity index (χ2v) is 9.53. The maximum atomic E-state index is 13.6. The summed E-state index contributed by atoms with van der Waals surface area (Å²) >= 11 is 0. The molecule has 0 atom stereocenters. The lowest BCUT2D eigenvalue weighted by Gasteiger charge is -2.31. The summed E-state index contributed by atoms with van der Waals surface area (Å²) in [4.78, 5) is 31.1. The van der Waals surface area contributed by atoms with Gasteiger partial charge in [-0.05, 0) is 37.1 Å². The van der Waals surface area contributed by atoms with Gasteiger partial charge < -0.3 is 19.2 Å². The number of piperidine rings is 1. The summed E-state index contributed by atoms with van der Waals surface area (Å²) < 4.78 is 64.0. The van der Waals surface area contributed by atoms with Gasteiger partial charge in [-0.25, -0.2) is 9.97 Å². The van der Waals surface area contributed by atoms with E-state index in [-0.39, 0.29) is 23.1 Å². The fourth-order valence-corrected chi connectivity index (χ4v) is 4.33. The van der Waals surface area contributed by atoms with Crippen molar-refractivity contribution in [3.05, 3.63) is 65.8 Å². The molecule has 1 aliphatic rings. The third kappa shape index (κ3) is 5.60. The van der Waals surface area contributed by atoms with Crippen LogP contribution >= 0.6 is 0 Å². The molecule has 3 aromatic heterocycles. The number of anilines is 2. The van der Waals surface area contributed by atoms with E-state index in [4.69, 9.17) is 8.94 Å². The number of halogens is 4. The minimum atomic E-state index is -5.03. The number of aromatic nitrogens is 4. The van der Waals surface area contributed by atoms with Crippen molar-refractivity contribution in [2.24, 2.45) is 0 Å². The Morgan fingerprint density at radius 2 is 1.88 bits per heavy atom. The molecule has 0 aliphatic carbocycles. The van der Waals surface area contributed by atoms with Crippen molar-refractivity contribution >= 4 is 17.4 Å². The van der Waals surface area contributed by atoms with Gasteiger partial charge in [-0.2, -0.15) is 18.2 Å². The first-order chi connectivity index (χ1) is 19.1. The predicted molar refractivity (Wildman–Crippen MR) is 133 cm³/mol. The molecule has 4 heterocycles. The van der Waals surface area contributed by atoms with E-state index in [2.05, 4.69) is 35.3 Å². The molecule has 1 aromatic carbocycles. The number of benzene rings is 1. The average molecular weight is 561 g/mol. The molecule has 0 spiro atoms. The smallest absolute Gasteiger partial charge is 0.431 e. The quantitative estimate of drug-likeness (QED) is 0.265. The Bertz CT molecular complexity index is 1480. The lowest BCUT2D eigenvalue weighted by molar-refractivity contribution is -0.153. The SMILES string of the molecule is CC(C)c1noc(C2CCN(c3ccc(NC(=O)c4nc(-c5ccccc5OF)oc4C(F)(F)F)cn3)CC2)n1. The van der Waals surface area contributed by atoms with Crippen LogP contribution in [0, 0.1) is 0 Å². The third-order valence-corrected chi connectivity index (χ3v) is 6.45. The van der Waals surface area contributed by atoms with Gasteiger partial charge in [0.25, 0.3) is 5.91 Å². The first-order valence-electron chi connectivity index (χ1n) is 12.5. The Morgan fingerprint density at radius 3 is 2.50 bits per heavy atom. The number of carbonyl (C=O) groups excluding carboxylic acids is 1. The van der Waals surface area contributed by atoms with E-state index in [0.29, 0.717) is 30.6 Å². The van der Waals surface area contributed by atoms with Crippen LogP contribution in [-0.4, -0.2) is 39.1 Å². The summed E-state index contributed by atoms with van der Waals surface area (Å²) in [6.45, 7) is 5.36. The number of alkyl halides is 3. The summed E-state index contributed by atoms with van der Waals surface area (Å²) in [5, 5.41) is 6.39. The van der Waals surface area contributed by atoms with Crippen molar-refractivity contribution in [3.63, 3.8) is 0 Å². The van der Waals surface area contributed by atoms with Gasteiger partial charge in [0, 0.05) is 29.5 Å². The number of para-hydroxylation sites is 1. The number of pyridine rings is 1. The second kappa shape index (κ2) is 10.9. The standard InChI is InChI=1S/C26H24F4N6O4/c1-14(2)22-34-24(40-35-22)15-9-11-36(12-10-15)19-8-7-16(13-31-19)32-23(37)20-21(26(27,28)29)38-25(33-20)17-5-3-4-6-18(17)39-30/h3-8,13-15H,9-12H2,1-2H3,(H,32,37). The zero-order valence-electron chi connectivity index (χ0n) is 21.4. The van der Waals surface area contributed by atoms with E-state index in [0.717, 1.165) is 12.8 Å². The molecule has 40 heavy (non-hydrogen) atoms. The molecule has 0 radical (unpaired) electrons. The van der Waals surface area contributed by atoms with Gasteiger partial charge in [-0.1, -0.05) is 31.1 Å². The number of amides is 1. The molecule has 0 unspecified atom stereocenters. The van der Waals surface area contributed by atoms with Gasteiger partial charge in [0.15, 0.2) is 17.3 Å². The van der Waals surface area contributed by atoms with Crippen molar-refractivity contribution in [1.82, 2.24) is 20.1 Å². The van der Waals surface area contributed by atoms with Crippen molar-refractivity contribution in [3.8, 4) is 17.2 Å². The number of carbonyl (C=O) groups is 1. The topological polar surface area (TPSA) is 119 Å². The number of hydrogen-bond donors (Lipinski definition) is 1. The average Bonchev–Trinajstić information content (AvgIpc) is 3.62. The third-order valence-electron chi connectivity index (χ3n) is 6.45. The van der Waals surface area contributed by atoms with Gasteiger partial charge in [-0.15, -0.1) is 0 Å². The summed E-state index contributed by atoms with van der Waals surface area (Å²) in [5.41, 5.74) is -1.05. The van der Waals surface area contributed by atoms with Gasteiger partial charge in [0.2, 0.25) is 17.5 Å². The monoisotopic (exact) mass is 560 g/mol. The zero-order valence-corrected chi connectivity index (χ0v) is 21.4. The number of hydrogen-bond acceptors (Lipinski definition) is 9. The molecular formula is C26H24F4N6O4. The van der Waals surface area contributed by atoms with Crippen LogP contribution in [0.3, 0.4) is 0 Å². The summed E-state index contributed by atoms with van der Waals surface area (Å²) in [6.07, 6.45) is -2.13. The highest BCUT2D eigenvalue weighted by molar-refractivity contribution is 6.04. The van der Waals surface area contributed by atoms with Crippen molar-refractivity contribution in [1.29, 1.82) is 0 Å². The van der Waals surface area contributed by atoms with Gasteiger partial charge in [-0.3, -0.25) is 9.74 Å². The van der Waals surface area contributed by atoms with Gasteiger partial charge in [0.05, 0.1) is 17.4 Å². The second-order valence-electron chi connectivity index (χ2n) is 9.53. The molecule has 1 saturated heterocycles. The molecule has 210 valence electrons. The van der Waals surface area contributed by atoms with Crippen molar-refractivity contribution in [2.45, 2.75) is 44.7 Å². The molecule has 0 bridgehead atoms. The van der Waals surface area contributed by atoms with E-state index in [1.165, 1.54) is 36.5 Å². The molecule has 5 rings (SSSR count). The first kappa shape index (κ1) is 27.1. The van der Waals surface area contributed by atoms with Crippen molar-refractivity contribution < 1.29 is 36.4 Å². The molecule has 4 aromatic rings. The summed E-state index contributed by atoms with van der Waals surface area (Å²) in [7, 11) is 0. The van der Waals surface area contributed by atoms with Gasteiger partial charge >= 0.3 is 6.18 Å². The Morgan fingerprint density at radius 1 is 1.12 bits per heavy atom. The lowest BCUT2D eigenvalue weighted by Crippen LogP contribution is -2.33. The Labute approximate surface area is 225 Å². The highest BCUT2D eigenvalue weighted by atomic mass is 19.4. The maximum Gasteiger partial charge on any atom is 0.452 e. The Balaban J connectivity index is 1.27. The van der Waals surface area contributed by atoms with Crippen LogP contribution in [0.4, 0.5) is 29.2 Å². The summed E-state index contributed by atoms with van der Waals surface area (Å²) in [6, 6.07) is 8.45. The largest absolute Gasteiger partial charge is 0.452 e. The van der Waals surface area contributed by atoms with Crippen LogP contribution in [0.15, 0.2) is 51.5 Å². The van der Waals surface area contributed by atoms with Crippen LogP contribution < -0.4 is 15.2 Å². The number of oxazole rings is 1. The van der Waals surface area contributed by atoms with E-state index in [1.54, 1.807) is 6.07 Å². The predicted octanol–water partition coefficient (Wildman–Crippen LogP) is 6.16. The minimum absolute atomic E-state index is 0.147. The highest BCUT2D eigenvalue weighted by Crippen LogP contribution is 2.38. The fraction of sp³-hybridized carbons (Fsp3) is 0.346. The molecule has 1 amide bonds. The molecule has 1 aliphatic heterocycles. The fourth-order valence-electron chi connectivity index (χ4n) is 4.33. The van der Waals surface area contributed by atoms with Crippen LogP contribution in [0.5, 0.6) is 5.75 Å². The number of nitrogens with zero attached hydrogens (tertiary/aromatic N) is 5. The number of nitrogens with one attached hydrogen (secondary N) is 1. The molecule has 1 N–H and O–H groups in total. The lowest BCUT2D eigenvalue weighted by atomic mass is 9.96. The zero-order chi connectivity index (χ0) is 28.4. The molecule has 0 saturated carbocycles. The highest BCUT2D eigenvalue weighted by Gasteiger charge is 2.42.